The summed E-state index contributed by atoms with van der Waals surface area (Å²) in [6.07, 6.45) is 5.25. The minimum absolute atomic E-state index is 0.0294. The fourth-order valence-electron chi connectivity index (χ4n) is 2.03. The monoisotopic (exact) mass is 235 g/mol. The van der Waals surface area contributed by atoms with Gasteiger partial charge in [0, 0.05) is 25.5 Å². The van der Waals surface area contributed by atoms with Gasteiger partial charge in [-0.25, -0.2) is 9.97 Å². The lowest BCUT2D eigenvalue weighted by atomic mass is 9.97. The second kappa shape index (κ2) is 5.12. The molecule has 0 radical (unpaired) electrons. The van der Waals surface area contributed by atoms with Gasteiger partial charge in [-0.2, -0.15) is 0 Å². The third kappa shape index (κ3) is 2.72. The fourth-order valence-corrected chi connectivity index (χ4v) is 2.03. The molecule has 1 fully saturated rings. The molecule has 1 aromatic heterocycles. The Morgan fingerprint density at radius 2 is 1.94 bits per heavy atom. The zero-order valence-electron chi connectivity index (χ0n) is 10.2. The average Bonchev–Trinajstić information content (AvgIpc) is 2.39. The summed E-state index contributed by atoms with van der Waals surface area (Å²) in [6, 6.07) is 0. The number of methoxy groups -OCH3 is 1. The van der Waals surface area contributed by atoms with Crippen LogP contribution < -0.4 is 4.90 Å². The van der Waals surface area contributed by atoms with Gasteiger partial charge in [0.05, 0.1) is 13.0 Å². The van der Waals surface area contributed by atoms with E-state index in [4.69, 9.17) is 4.74 Å². The van der Waals surface area contributed by atoms with E-state index in [2.05, 4.69) is 14.9 Å². The van der Waals surface area contributed by atoms with Crippen LogP contribution in [-0.2, 0) is 9.53 Å². The van der Waals surface area contributed by atoms with Crippen LogP contribution >= 0.6 is 0 Å². The Bertz CT molecular complexity index is 383. The number of carbonyl (C=O) groups is 1. The second-order valence-corrected chi connectivity index (χ2v) is 4.34. The molecule has 0 aromatic carbocycles. The molecule has 5 heteroatoms. The molecular formula is C12H17N3O2. The molecule has 0 spiro atoms. The van der Waals surface area contributed by atoms with Gasteiger partial charge >= 0.3 is 5.97 Å². The van der Waals surface area contributed by atoms with Crippen molar-refractivity contribution in [2.24, 2.45) is 5.92 Å². The molecule has 1 aliphatic rings. The molecule has 1 aliphatic heterocycles. The number of nitrogens with zero attached hydrogens (tertiary/aromatic N) is 3. The molecule has 1 saturated heterocycles. The summed E-state index contributed by atoms with van der Waals surface area (Å²) >= 11 is 0. The van der Waals surface area contributed by atoms with Crippen LogP contribution in [0.5, 0.6) is 0 Å². The Kier molecular flexibility index (Phi) is 3.56. The molecule has 0 aliphatic carbocycles. The van der Waals surface area contributed by atoms with Crippen molar-refractivity contribution >= 4 is 11.9 Å². The van der Waals surface area contributed by atoms with Crippen molar-refractivity contribution in [1.29, 1.82) is 0 Å². The maximum Gasteiger partial charge on any atom is 0.308 e. The summed E-state index contributed by atoms with van der Waals surface area (Å²) in [5.41, 5.74) is 1.05. The zero-order chi connectivity index (χ0) is 12.3. The van der Waals surface area contributed by atoms with Crippen LogP contribution in [0.25, 0.3) is 0 Å². The fraction of sp³-hybridized carbons (Fsp3) is 0.583. The number of ether oxygens (including phenoxy) is 1. The van der Waals surface area contributed by atoms with Gasteiger partial charge < -0.3 is 9.64 Å². The molecule has 5 nitrogen and oxygen atoms in total. The van der Waals surface area contributed by atoms with Gasteiger partial charge in [-0.05, 0) is 25.3 Å². The smallest absolute Gasteiger partial charge is 0.308 e. The predicted molar refractivity (Wildman–Crippen MR) is 63.7 cm³/mol. The Balaban J connectivity index is 1.95. The summed E-state index contributed by atoms with van der Waals surface area (Å²) < 4.78 is 4.76. The standard InChI is InChI=1S/C12H17N3O2/c1-9-7-13-12(14-8-9)15-5-3-10(4-6-15)11(16)17-2/h7-8,10H,3-6H2,1-2H3. The van der Waals surface area contributed by atoms with Crippen molar-refractivity contribution in [2.75, 3.05) is 25.1 Å². The first kappa shape index (κ1) is 11.8. The van der Waals surface area contributed by atoms with Crippen LogP contribution in [0.4, 0.5) is 5.95 Å². The van der Waals surface area contributed by atoms with Gasteiger partial charge in [0.2, 0.25) is 5.95 Å². The number of carbonyl (C=O) groups excluding carboxylic acids is 1. The average molecular weight is 235 g/mol. The van der Waals surface area contributed by atoms with Crippen molar-refractivity contribution in [1.82, 2.24) is 9.97 Å². The minimum atomic E-state index is -0.102. The van der Waals surface area contributed by atoms with Crippen LogP contribution in [-0.4, -0.2) is 36.1 Å². The summed E-state index contributed by atoms with van der Waals surface area (Å²) in [6.45, 7) is 3.58. The highest BCUT2D eigenvalue weighted by Gasteiger charge is 2.26. The lowest BCUT2D eigenvalue weighted by molar-refractivity contribution is -0.146. The molecule has 0 bridgehead atoms. The number of esters is 1. The van der Waals surface area contributed by atoms with Gasteiger partial charge in [-0.15, -0.1) is 0 Å². The van der Waals surface area contributed by atoms with Gasteiger partial charge in [-0.3, -0.25) is 4.79 Å². The number of hydrogen-bond acceptors (Lipinski definition) is 5. The second-order valence-electron chi connectivity index (χ2n) is 4.34. The van der Waals surface area contributed by atoms with E-state index in [0.29, 0.717) is 0 Å². The van der Waals surface area contributed by atoms with E-state index in [1.165, 1.54) is 7.11 Å². The van der Waals surface area contributed by atoms with E-state index in [9.17, 15) is 4.79 Å². The minimum Gasteiger partial charge on any atom is -0.469 e. The Morgan fingerprint density at radius 3 is 2.47 bits per heavy atom. The molecule has 0 saturated carbocycles. The van der Waals surface area contributed by atoms with Crippen LogP contribution in [0.15, 0.2) is 12.4 Å². The molecule has 0 unspecified atom stereocenters. The quantitative estimate of drug-likeness (QED) is 0.720. The lowest BCUT2D eigenvalue weighted by Crippen LogP contribution is -2.37. The SMILES string of the molecule is COC(=O)C1CCN(c2ncc(C)cn2)CC1. The summed E-state index contributed by atoms with van der Waals surface area (Å²) in [5, 5.41) is 0. The Labute approximate surface area is 101 Å². The van der Waals surface area contributed by atoms with Gasteiger partial charge in [-0.1, -0.05) is 0 Å². The van der Waals surface area contributed by atoms with Crippen molar-refractivity contribution in [3.8, 4) is 0 Å². The maximum absolute atomic E-state index is 11.4. The first-order valence-corrected chi connectivity index (χ1v) is 5.82. The van der Waals surface area contributed by atoms with E-state index in [0.717, 1.165) is 37.4 Å². The normalized spacial score (nSPS) is 16.9. The van der Waals surface area contributed by atoms with E-state index < -0.39 is 0 Å². The van der Waals surface area contributed by atoms with Crippen LogP contribution in [0.3, 0.4) is 0 Å². The maximum atomic E-state index is 11.4. The van der Waals surface area contributed by atoms with Crippen LogP contribution in [0.1, 0.15) is 18.4 Å². The Hall–Kier alpha value is -1.65. The number of aryl methyl sites for hydroxylation is 1. The van der Waals surface area contributed by atoms with Crippen molar-refractivity contribution in [2.45, 2.75) is 19.8 Å². The molecule has 2 heterocycles. The molecule has 0 amide bonds. The number of rotatable bonds is 2. The van der Waals surface area contributed by atoms with Gasteiger partial charge in [0.25, 0.3) is 0 Å². The van der Waals surface area contributed by atoms with Gasteiger partial charge in [0.15, 0.2) is 0 Å². The van der Waals surface area contributed by atoms with Crippen molar-refractivity contribution in [3.63, 3.8) is 0 Å². The van der Waals surface area contributed by atoms with Crippen LogP contribution in [0, 0.1) is 12.8 Å². The largest absolute Gasteiger partial charge is 0.469 e. The first-order valence-electron chi connectivity index (χ1n) is 5.82. The first-order chi connectivity index (χ1) is 8.20. The number of piperidine rings is 1. The predicted octanol–water partition coefficient (Wildman–Crippen LogP) is 1.17. The molecule has 0 atom stereocenters. The number of aromatic nitrogens is 2. The van der Waals surface area contributed by atoms with E-state index in [1.54, 1.807) is 0 Å². The van der Waals surface area contributed by atoms with Crippen molar-refractivity contribution < 1.29 is 9.53 Å². The molecule has 0 N–H and O–H groups in total. The molecular weight excluding hydrogens is 218 g/mol. The molecule has 2 rings (SSSR count). The summed E-state index contributed by atoms with van der Waals surface area (Å²) in [4.78, 5) is 22.1. The number of anilines is 1. The lowest BCUT2D eigenvalue weighted by Gasteiger charge is -2.30. The third-order valence-corrected chi connectivity index (χ3v) is 3.08. The highest BCUT2D eigenvalue weighted by atomic mass is 16.5. The van der Waals surface area contributed by atoms with Gasteiger partial charge in [0.1, 0.15) is 0 Å². The topological polar surface area (TPSA) is 55.3 Å². The van der Waals surface area contributed by atoms with E-state index in [1.807, 2.05) is 19.3 Å². The highest BCUT2D eigenvalue weighted by molar-refractivity contribution is 5.72. The van der Waals surface area contributed by atoms with E-state index >= 15 is 0 Å². The van der Waals surface area contributed by atoms with E-state index in [-0.39, 0.29) is 11.9 Å². The highest BCUT2D eigenvalue weighted by Crippen LogP contribution is 2.21. The number of hydrogen-bond donors (Lipinski definition) is 0. The Morgan fingerprint density at radius 1 is 1.35 bits per heavy atom. The molecule has 1 aromatic rings. The molecule has 92 valence electrons. The third-order valence-electron chi connectivity index (χ3n) is 3.08. The molecule has 17 heavy (non-hydrogen) atoms. The summed E-state index contributed by atoms with van der Waals surface area (Å²) in [7, 11) is 1.44. The zero-order valence-corrected chi connectivity index (χ0v) is 10.2. The van der Waals surface area contributed by atoms with Crippen LogP contribution in [0.2, 0.25) is 0 Å². The summed E-state index contributed by atoms with van der Waals surface area (Å²) in [5.74, 6) is 0.676. The van der Waals surface area contributed by atoms with Crippen molar-refractivity contribution in [3.05, 3.63) is 18.0 Å².